The van der Waals surface area contributed by atoms with Crippen LogP contribution in [0.25, 0.3) is 11.1 Å². The van der Waals surface area contributed by atoms with Crippen molar-refractivity contribution in [2.24, 2.45) is 5.73 Å². The molecule has 2 N–H and O–H groups in total. The lowest BCUT2D eigenvalue weighted by atomic mass is 10.0. The van der Waals surface area contributed by atoms with Crippen LogP contribution in [0.4, 0.5) is 0 Å². The zero-order valence-corrected chi connectivity index (χ0v) is 10.4. The monoisotopic (exact) mass is 309 g/mol. The third-order valence-electron chi connectivity index (χ3n) is 2.37. The van der Waals surface area contributed by atoms with Crippen molar-refractivity contribution in [1.29, 1.82) is 0 Å². The smallest absolute Gasteiger partial charge is 0.0178 e. The van der Waals surface area contributed by atoms with Gasteiger partial charge in [0.05, 0.1) is 0 Å². The molecule has 0 saturated carbocycles. The first kappa shape index (κ1) is 10.6. The van der Waals surface area contributed by atoms with E-state index in [1.54, 1.807) is 0 Å². The minimum absolute atomic E-state index is 0.604. The summed E-state index contributed by atoms with van der Waals surface area (Å²) in [4.78, 5) is 0. The maximum atomic E-state index is 5.56. The molecule has 76 valence electrons. The summed E-state index contributed by atoms with van der Waals surface area (Å²) in [6, 6.07) is 16.9. The SMILES string of the molecule is NCc1ccc(-c2ccc(I)cc2)cc1. The summed E-state index contributed by atoms with van der Waals surface area (Å²) >= 11 is 2.31. The minimum atomic E-state index is 0.604. The van der Waals surface area contributed by atoms with Crippen molar-refractivity contribution >= 4 is 22.6 Å². The van der Waals surface area contributed by atoms with Crippen molar-refractivity contribution in [3.63, 3.8) is 0 Å². The number of nitrogens with two attached hydrogens (primary N) is 1. The molecule has 0 spiro atoms. The molecule has 15 heavy (non-hydrogen) atoms. The quantitative estimate of drug-likeness (QED) is 0.845. The van der Waals surface area contributed by atoms with E-state index in [4.69, 9.17) is 5.73 Å². The number of hydrogen-bond donors (Lipinski definition) is 1. The molecular formula is C13H12IN. The second kappa shape index (κ2) is 4.77. The van der Waals surface area contributed by atoms with E-state index in [0.29, 0.717) is 6.54 Å². The fourth-order valence-corrected chi connectivity index (χ4v) is 1.84. The first-order valence-corrected chi connectivity index (χ1v) is 5.92. The third kappa shape index (κ3) is 2.58. The number of rotatable bonds is 2. The van der Waals surface area contributed by atoms with Gasteiger partial charge >= 0.3 is 0 Å². The Bertz CT molecular complexity index is 431. The average Bonchev–Trinajstić information content (AvgIpc) is 2.30. The van der Waals surface area contributed by atoms with Gasteiger partial charge in [-0.2, -0.15) is 0 Å². The second-order valence-electron chi connectivity index (χ2n) is 3.41. The van der Waals surface area contributed by atoms with Gasteiger partial charge in [-0.1, -0.05) is 36.4 Å². The van der Waals surface area contributed by atoms with E-state index in [2.05, 4.69) is 71.1 Å². The average molecular weight is 309 g/mol. The summed E-state index contributed by atoms with van der Waals surface area (Å²) in [5.41, 5.74) is 9.22. The molecule has 0 fully saturated rings. The van der Waals surface area contributed by atoms with Crippen LogP contribution in [0.2, 0.25) is 0 Å². The van der Waals surface area contributed by atoms with Crippen molar-refractivity contribution < 1.29 is 0 Å². The number of halogens is 1. The molecule has 0 aliphatic heterocycles. The second-order valence-corrected chi connectivity index (χ2v) is 4.65. The van der Waals surface area contributed by atoms with Crippen molar-refractivity contribution in [2.45, 2.75) is 6.54 Å². The van der Waals surface area contributed by atoms with Crippen LogP contribution in [0, 0.1) is 3.57 Å². The largest absolute Gasteiger partial charge is 0.326 e. The Hall–Kier alpha value is -0.870. The highest BCUT2D eigenvalue weighted by Gasteiger charge is 1.97. The molecule has 0 aliphatic carbocycles. The Kier molecular flexibility index (Phi) is 3.38. The Morgan fingerprint density at radius 2 is 1.27 bits per heavy atom. The van der Waals surface area contributed by atoms with E-state index in [1.807, 2.05) is 0 Å². The fourth-order valence-electron chi connectivity index (χ4n) is 1.48. The highest BCUT2D eigenvalue weighted by molar-refractivity contribution is 14.1. The summed E-state index contributed by atoms with van der Waals surface area (Å²) in [6.45, 7) is 0.604. The third-order valence-corrected chi connectivity index (χ3v) is 3.09. The zero-order valence-electron chi connectivity index (χ0n) is 8.28. The van der Waals surface area contributed by atoms with Gasteiger partial charge in [0.1, 0.15) is 0 Å². The molecular weight excluding hydrogens is 297 g/mol. The molecule has 0 aliphatic rings. The van der Waals surface area contributed by atoms with Gasteiger partial charge in [0.15, 0.2) is 0 Å². The minimum Gasteiger partial charge on any atom is -0.326 e. The predicted octanol–water partition coefficient (Wildman–Crippen LogP) is 3.42. The maximum Gasteiger partial charge on any atom is 0.0178 e. The predicted molar refractivity (Wildman–Crippen MR) is 72.5 cm³/mol. The van der Waals surface area contributed by atoms with Crippen LogP contribution in [0.3, 0.4) is 0 Å². The van der Waals surface area contributed by atoms with Gasteiger partial charge in [0.25, 0.3) is 0 Å². The molecule has 2 aromatic rings. The molecule has 0 amide bonds. The Morgan fingerprint density at radius 3 is 1.73 bits per heavy atom. The molecule has 0 bridgehead atoms. The van der Waals surface area contributed by atoms with Gasteiger partial charge in [0.2, 0.25) is 0 Å². The molecule has 0 atom stereocenters. The summed E-state index contributed by atoms with van der Waals surface area (Å²) in [7, 11) is 0. The standard InChI is InChI=1S/C13H12IN/c14-13-7-5-12(6-8-13)11-3-1-10(9-15)2-4-11/h1-8H,9,15H2. The molecule has 2 aromatic carbocycles. The number of hydrogen-bond acceptors (Lipinski definition) is 1. The Morgan fingerprint density at radius 1 is 0.800 bits per heavy atom. The van der Waals surface area contributed by atoms with Crippen LogP contribution >= 0.6 is 22.6 Å². The van der Waals surface area contributed by atoms with Gasteiger partial charge in [-0.15, -0.1) is 0 Å². The van der Waals surface area contributed by atoms with Crippen LogP contribution in [-0.4, -0.2) is 0 Å². The molecule has 2 heteroatoms. The van der Waals surface area contributed by atoms with Gasteiger partial charge in [-0.05, 0) is 51.4 Å². The molecule has 0 saturated heterocycles. The van der Waals surface area contributed by atoms with Crippen molar-refractivity contribution in [3.8, 4) is 11.1 Å². The zero-order chi connectivity index (χ0) is 10.7. The summed E-state index contributed by atoms with van der Waals surface area (Å²) in [6.07, 6.45) is 0. The van der Waals surface area contributed by atoms with Crippen molar-refractivity contribution in [3.05, 3.63) is 57.7 Å². The molecule has 0 heterocycles. The first-order chi connectivity index (χ1) is 7.29. The topological polar surface area (TPSA) is 26.0 Å². The molecule has 2 rings (SSSR count). The van der Waals surface area contributed by atoms with E-state index in [1.165, 1.54) is 20.3 Å². The summed E-state index contributed by atoms with van der Waals surface area (Å²) in [5, 5.41) is 0. The van der Waals surface area contributed by atoms with E-state index < -0.39 is 0 Å². The highest BCUT2D eigenvalue weighted by atomic mass is 127. The van der Waals surface area contributed by atoms with Crippen molar-refractivity contribution in [1.82, 2.24) is 0 Å². The van der Waals surface area contributed by atoms with Gasteiger partial charge in [-0.3, -0.25) is 0 Å². The van der Waals surface area contributed by atoms with E-state index in [9.17, 15) is 0 Å². The van der Waals surface area contributed by atoms with E-state index in [0.717, 1.165) is 0 Å². The van der Waals surface area contributed by atoms with Gasteiger partial charge in [-0.25, -0.2) is 0 Å². The first-order valence-electron chi connectivity index (χ1n) is 4.84. The van der Waals surface area contributed by atoms with Gasteiger partial charge in [0, 0.05) is 10.1 Å². The summed E-state index contributed by atoms with van der Waals surface area (Å²) < 4.78 is 1.26. The van der Waals surface area contributed by atoms with E-state index >= 15 is 0 Å². The Labute approximate surface area is 103 Å². The molecule has 0 aromatic heterocycles. The van der Waals surface area contributed by atoms with Crippen LogP contribution in [0.1, 0.15) is 5.56 Å². The fraction of sp³-hybridized carbons (Fsp3) is 0.0769. The molecule has 0 unspecified atom stereocenters. The van der Waals surface area contributed by atoms with Gasteiger partial charge < -0.3 is 5.73 Å². The van der Waals surface area contributed by atoms with Crippen LogP contribution in [-0.2, 0) is 6.54 Å². The Balaban J connectivity index is 2.33. The highest BCUT2D eigenvalue weighted by Crippen LogP contribution is 2.20. The summed E-state index contributed by atoms with van der Waals surface area (Å²) in [5.74, 6) is 0. The number of benzene rings is 2. The maximum absolute atomic E-state index is 5.56. The normalized spacial score (nSPS) is 10.3. The lowest BCUT2D eigenvalue weighted by Gasteiger charge is -2.03. The molecule has 0 radical (unpaired) electrons. The lowest BCUT2D eigenvalue weighted by Crippen LogP contribution is -1.95. The van der Waals surface area contributed by atoms with Crippen molar-refractivity contribution in [2.75, 3.05) is 0 Å². The molecule has 1 nitrogen and oxygen atoms in total. The van der Waals surface area contributed by atoms with Crippen LogP contribution < -0.4 is 5.73 Å². The van der Waals surface area contributed by atoms with E-state index in [-0.39, 0.29) is 0 Å². The lowest BCUT2D eigenvalue weighted by molar-refractivity contribution is 1.07. The van der Waals surface area contributed by atoms with Crippen LogP contribution in [0.5, 0.6) is 0 Å². The van der Waals surface area contributed by atoms with Crippen LogP contribution in [0.15, 0.2) is 48.5 Å².